The Balaban J connectivity index is 2.59. The molecule has 5 heteroatoms. The summed E-state index contributed by atoms with van der Waals surface area (Å²) in [5.74, 6) is -0.573. The monoisotopic (exact) mass is 292 g/mol. The van der Waals surface area contributed by atoms with Crippen LogP contribution in [0.15, 0.2) is 24.3 Å². The van der Waals surface area contributed by atoms with Gasteiger partial charge in [-0.2, -0.15) is 0 Å². The van der Waals surface area contributed by atoms with E-state index in [1.165, 1.54) is 18.2 Å². The summed E-state index contributed by atoms with van der Waals surface area (Å²) in [6, 6.07) is 4.40. The third-order valence-corrected chi connectivity index (χ3v) is 3.07. The molecule has 0 aromatic heterocycles. The predicted octanol–water partition coefficient (Wildman–Crippen LogP) is 1.96. The van der Waals surface area contributed by atoms with Gasteiger partial charge in [-0.1, -0.05) is 6.07 Å². The van der Waals surface area contributed by atoms with Crippen LogP contribution in [0.1, 0.15) is 25.8 Å². The second-order valence-electron chi connectivity index (χ2n) is 6.01. The molecule has 116 valence electrons. The van der Waals surface area contributed by atoms with E-state index in [-0.39, 0.29) is 22.9 Å². The Kier molecular flexibility index (Phi) is 5.79. The van der Waals surface area contributed by atoms with Gasteiger partial charge in [-0.3, -0.25) is 4.79 Å². The lowest BCUT2D eigenvalue weighted by Crippen LogP contribution is -2.44. The Morgan fingerprint density at radius 2 is 1.95 bits per heavy atom. The van der Waals surface area contributed by atoms with Crippen LogP contribution in [0.3, 0.4) is 0 Å². The van der Waals surface area contributed by atoms with Crippen molar-refractivity contribution in [3.05, 3.63) is 29.8 Å². The molecule has 0 fully saturated rings. The van der Waals surface area contributed by atoms with Gasteiger partial charge >= 0.3 is 0 Å². The molecule has 0 heterocycles. The fraction of sp³-hybridized carbons (Fsp3) is 0.438. The zero-order valence-electron chi connectivity index (χ0n) is 13.1. The topological polar surface area (TPSA) is 72.8 Å². The fourth-order valence-electron chi connectivity index (χ4n) is 1.76. The number of phenols is 2. The molecule has 3 N–H and O–H groups in total. The molecule has 0 aliphatic carbocycles. The van der Waals surface area contributed by atoms with Gasteiger partial charge < -0.3 is 20.4 Å². The van der Waals surface area contributed by atoms with Crippen molar-refractivity contribution in [2.45, 2.75) is 25.8 Å². The highest BCUT2D eigenvalue weighted by molar-refractivity contribution is 5.92. The van der Waals surface area contributed by atoms with Crippen LogP contribution in [-0.4, -0.2) is 47.2 Å². The van der Waals surface area contributed by atoms with Gasteiger partial charge in [-0.05, 0) is 64.7 Å². The summed E-state index contributed by atoms with van der Waals surface area (Å²) in [4.78, 5) is 14.0. The average Bonchev–Trinajstić information content (AvgIpc) is 2.37. The number of hydrogen-bond acceptors (Lipinski definition) is 4. The summed E-state index contributed by atoms with van der Waals surface area (Å²) in [7, 11) is 3.99. The normalized spacial score (nSPS) is 12.0. The summed E-state index contributed by atoms with van der Waals surface area (Å²) in [5, 5.41) is 21.5. The van der Waals surface area contributed by atoms with Gasteiger partial charge in [0, 0.05) is 11.6 Å². The molecule has 0 bridgehead atoms. The van der Waals surface area contributed by atoms with Crippen LogP contribution >= 0.6 is 0 Å². The van der Waals surface area contributed by atoms with E-state index in [1.807, 2.05) is 27.9 Å². The lowest BCUT2D eigenvalue weighted by Gasteiger charge is -2.27. The van der Waals surface area contributed by atoms with Crippen LogP contribution in [0.5, 0.6) is 11.5 Å². The molecule has 1 aromatic carbocycles. The van der Waals surface area contributed by atoms with Crippen molar-refractivity contribution in [2.24, 2.45) is 0 Å². The second-order valence-corrected chi connectivity index (χ2v) is 6.01. The number of phenolic OH excluding ortho intramolecular Hbond substituents is 2. The molecule has 5 nitrogen and oxygen atoms in total. The van der Waals surface area contributed by atoms with Crippen molar-refractivity contribution in [2.75, 3.05) is 20.6 Å². The minimum Gasteiger partial charge on any atom is -0.504 e. The van der Waals surface area contributed by atoms with Crippen LogP contribution in [0.2, 0.25) is 0 Å². The van der Waals surface area contributed by atoms with Gasteiger partial charge in [0.05, 0.1) is 0 Å². The minimum absolute atomic E-state index is 0.179. The highest BCUT2D eigenvalue weighted by atomic mass is 16.3. The standard InChI is InChI=1S/C16H24N2O3/c1-16(2,9-10-18(3)4)17-15(21)8-6-12-5-7-13(19)14(20)11-12/h5-8,11,19-20H,9-10H2,1-4H3,(H,17,21)/b8-6+. The first kappa shape index (κ1) is 17.0. The fourth-order valence-corrected chi connectivity index (χ4v) is 1.76. The van der Waals surface area contributed by atoms with Gasteiger partial charge in [-0.25, -0.2) is 0 Å². The van der Waals surface area contributed by atoms with Crippen molar-refractivity contribution in [3.8, 4) is 11.5 Å². The third kappa shape index (κ3) is 6.31. The zero-order valence-corrected chi connectivity index (χ0v) is 13.1. The maximum atomic E-state index is 11.9. The number of benzene rings is 1. The first-order chi connectivity index (χ1) is 9.69. The van der Waals surface area contributed by atoms with Gasteiger partial charge in [0.2, 0.25) is 5.91 Å². The number of rotatable bonds is 6. The first-order valence-corrected chi connectivity index (χ1v) is 6.86. The number of amides is 1. The number of aromatic hydroxyl groups is 2. The lowest BCUT2D eigenvalue weighted by molar-refractivity contribution is -0.118. The van der Waals surface area contributed by atoms with Gasteiger partial charge in [0.25, 0.3) is 0 Å². The molecule has 0 atom stereocenters. The van der Waals surface area contributed by atoms with E-state index in [2.05, 4.69) is 10.2 Å². The highest BCUT2D eigenvalue weighted by Gasteiger charge is 2.19. The van der Waals surface area contributed by atoms with E-state index in [1.54, 1.807) is 12.1 Å². The van der Waals surface area contributed by atoms with Crippen LogP contribution in [0.25, 0.3) is 6.08 Å². The van der Waals surface area contributed by atoms with E-state index in [9.17, 15) is 15.0 Å². The Bertz CT molecular complexity index is 522. The molecule has 0 saturated carbocycles. The van der Waals surface area contributed by atoms with Crippen LogP contribution < -0.4 is 5.32 Å². The van der Waals surface area contributed by atoms with Gasteiger partial charge in [0.1, 0.15) is 0 Å². The van der Waals surface area contributed by atoms with E-state index in [0.29, 0.717) is 5.56 Å². The summed E-state index contributed by atoms with van der Waals surface area (Å²) < 4.78 is 0. The van der Waals surface area contributed by atoms with Crippen LogP contribution in [0, 0.1) is 0 Å². The third-order valence-electron chi connectivity index (χ3n) is 3.07. The summed E-state index contributed by atoms with van der Waals surface area (Å²) in [6.45, 7) is 4.85. The minimum atomic E-state index is -0.289. The predicted molar refractivity (Wildman–Crippen MR) is 84.2 cm³/mol. The van der Waals surface area contributed by atoms with E-state index in [4.69, 9.17) is 0 Å². The number of carbonyl (C=O) groups excluding carboxylic acids is 1. The summed E-state index contributed by atoms with van der Waals surface area (Å²) in [5.41, 5.74) is 0.356. The smallest absolute Gasteiger partial charge is 0.244 e. The number of carbonyl (C=O) groups is 1. The Labute approximate surface area is 125 Å². The summed E-state index contributed by atoms with van der Waals surface area (Å²) in [6.07, 6.45) is 3.86. The van der Waals surface area contributed by atoms with Crippen molar-refractivity contribution in [1.29, 1.82) is 0 Å². The largest absolute Gasteiger partial charge is 0.504 e. The molecule has 0 unspecified atom stereocenters. The van der Waals surface area contributed by atoms with Crippen LogP contribution in [0.4, 0.5) is 0 Å². The maximum Gasteiger partial charge on any atom is 0.244 e. The summed E-state index contributed by atoms with van der Waals surface area (Å²) >= 11 is 0. The number of hydrogen-bond donors (Lipinski definition) is 3. The molecule has 0 spiro atoms. The molecule has 1 amide bonds. The quantitative estimate of drug-likeness (QED) is 0.553. The Morgan fingerprint density at radius 1 is 1.29 bits per heavy atom. The SMILES string of the molecule is CN(C)CCC(C)(C)NC(=O)/C=C/c1ccc(O)c(O)c1. The van der Waals surface area contributed by atoms with Gasteiger partial charge in [0.15, 0.2) is 11.5 Å². The van der Waals surface area contributed by atoms with Crippen molar-refractivity contribution < 1.29 is 15.0 Å². The maximum absolute atomic E-state index is 11.9. The molecule has 0 radical (unpaired) electrons. The van der Waals surface area contributed by atoms with Gasteiger partial charge in [-0.15, -0.1) is 0 Å². The second kappa shape index (κ2) is 7.13. The first-order valence-electron chi connectivity index (χ1n) is 6.86. The molecule has 1 rings (SSSR count). The van der Waals surface area contributed by atoms with Crippen molar-refractivity contribution in [1.82, 2.24) is 10.2 Å². The number of nitrogens with one attached hydrogen (secondary N) is 1. The number of nitrogens with zero attached hydrogens (tertiary/aromatic N) is 1. The molecule has 1 aromatic rings. The Hall–Kier alpha value is -2.01. The highest BCUT2D eigenvalue weighted by Crippen LogP contribution is 2.25. The Morgan fingerprint density at radius 3 is 2.52 bits per heavy atom. The average molecular weight is 292 g/mol. The van der Waals surface area contributed by atoms with E-state index >= 15 is 0 Å². The van der Waals surface area contributed by atoms with E-state index < -0.39 is 0 Å². The van der Waals surface area contributed by atoms with Crippen LogP contribution in [-0.2, 0) is 4.79 Å². The zero-order chi connectivity index (χ0) is 16.0. The van der Waals surface area contributed by atoms with E-state index in [0.717, 1.165) is 13.0 Å². The molecular weight excluding hydrogens is 268 g/mol. The molecule has 21 heavy (non-hydrogen) atoms. The molecular formula is C16H24N2O3. The lowest BCUT2D eigenvalue weighted by atomic mass is 10.0. The molecule has 0 saturated heterocycles. The van der Waals surface area contributed by atoms with Crippen molar-refractivity contribution >= 4 is 12.0 Å². The molecule has 0 aliphatic rings. The molecule has 0 aliphatic heterocycles. The van der Waals surface area contributed by atoms with Crippen molar-refractivity contribution in [3.63, 3.8) is 0 Å².